The molecule has 1 atom stereocenters. The first-order valence-corrected chi connectivity index (χ1v) is 9.59. The van der Waals surface area contributed by atoms with Gasteiger partial charge in [-0.05, 0) is 31.5 Å². The van der Waals surface area contributed by atoms with Crippen molar-refractivity contribution in [1.29, 1.82) is 0 Å². The number of hydrogen-bond donors (Lipinski definition) is 1. The van der Waals surface area contributed by atoms with Crippen molar-refractivity contribution in [2.24, 2.45) is 10.9 Å². The van der Waals surface area contributed by atoms with Crippen LogP contribution < -0.4 is 10.1 Å². The fraction of sp³-hybridized carbons (Fsp3) is 0.429. The number of aliphatic imine (C=N–C) groups is 1. The summed E-state index contributed by atoms with van der Waals surface area (Å²) in [6.45, 7) is 5.93. The largest absolute Gasteiger partial charge is 0.439 e. The van der Waals surface area contributed by atoms with E-state index in [-0.39, 0.29) is 29.8 Å². The van der Waals surface area contributed by atoms with Crippen molar-refractivity contribution < 1.29 is 13.9 Å². The minimum Gasteiger partial charge on any atom is -0.439 e. The number of nitrogens with zero attached hydrogens (tertiary/aromatic N) is 3. The van der Waals surface area contributed by atoms with Crippen LogP contribution in [-0.2, 0) is 11.3 Å². The number of ether oxygens (including phenoxy) is 2. The standard InChI is InChI=1S/C21H27FN4O2.HI/c1-3-23-21(26-11-9-16(14-26)15-27-2)25-13-17-6-5-10-24-20(17)28-19-8-4-7-18(22)12-19;/h4-8,10,12,16H,3,9,11,13-15H2,1-2H3,(H,23,25);1H. The average molecular weight is 514 g/mol. The Labute approximate surface area is 188 Å². The lowest BCUT2D eigenvalue weighted by atomic mass is 10.1. The van der Waals surface area contributed by atoms with E-state index in [0.29, 0.717) is 24.1 Å². The van der Waals surface area contributed by atoms with Crippen LogP contribution in [0.5, 0.6) is 11.6 Å². The van der Waals surface area contributed by atoms with Crippen LogP contribution in [0.15, 0.2) is 47.6 Å². The van der Waals surface area contributed by atoms with Gasteiger partial charge in [-0.15, -0.1) is 24.0 Å². The second-order valence-electron chi connectivity index (χ2n) is 6.75. The first-order valence-electron chi connectivity index (χ1n) is 9.59. The van der Waals surface area contributed by atoms with E-state index in [9.17, 15) is 4.39 Å². The number of pyridine rings is 1. The van der Waals surface area contributed by atoms with Crippen molar-refractivity contribution in [3.05, 3.63) is 54.0 Å². The molecule has 1 aromatic heterocycles. The maximum absolute atomic E-state index is 13.4. The third-order valence-corrected chi connectivity index (χ3v) is 4.58. The van der Waals surface area contributed by atoms with Gasteiger partial charge in [-0.3, -0.25) is 0 Å². The number of benzene rings is 1. The van der Waals surface area contributed by atoms with Gasteiger partial charge in [-0.1, -0.05) is 12.1 Å². The summed E-state index contributed by atoms with van der Waals surface area (Å²) in [6, 6.07) is 9.80. The van der Waals surface area contributed by atoms with Gasteiger partial charge < -0.3 is 19.7 Å². The van der Waals surface area contributed by atoms with Crippen LogP contribution in [0.4, 0.5) is 4.39 Å². The Morgan fingerprint density at radius 3 is 2.97 bits per heavy atom. The van der Waals surface area contributed by atoms with E-state index in [1.165, 1.54) is 12.1 Å². The number of guanidine groups is 1. The van der Waals surface area contributed by atoms with E-state index in [0.717, 1.165) is 44.2 Å². The Balaban J connectivity index is 0.00000300. The van der Waals surface area contributed by atoms with Gasteiger partial charge in [0.1, 0.15) is 11.6 Å². The second-order valence-corrected chi connectivity index (χ2v) is 6.75. The fourth-order valence-electron chi connectivity index (χ4n) is 3.26. The smallest absolute Gasteiger partial charge is 0.224 e. The highest BCUT2D eigenvalue weighted by atomic mass is 127. The van der Waals surface area contributed by atoms with Crippen molar-refractivity contribution >= 4 is 29.9 Å². The summed E-state index contributed by atoms with van der Waals surface area (Å²) < 4.78 is 24.5. The zero-order chi connectivity index (χ0) is 19.8. The molecule has 29 heavy (non-hydrogen) atoms. The number of likely N-dealkylation sites (tertiary alicyclic amines) is 1. The highest BCUT2D eigenvalue weighted by Gasteiger charge is 2.24. The summed E-state index contributed by atoms with van der Waals surface area (Å²) in [5, 5.41) is 3.36. The van der Waals surface area contributed by atoms with Crippen molar-refractivity contribution in [3.63, 3.8) is 0 Å². The van der Waals surface area contributed by atoms with Crippen LogP contribution in [0.25, 0.3) is 0 Å². The van der Waals surface area contributed by atoms with E-state index in [1.807, 2.05) is 12.1 Å². The maximum atomic E-state index is 13.4. The van der Waals surface area contributed by atoms with Crippen molar-refractivity contribution in [3.8, 4) is 11.6 Å². The normalized spacial score (nSPS) is 16.4. The molecule has 1 aliphatic rings. The molecule has 8 heteroatoms. The topological polar surface area (TPSA) is 59.0 Å². The van der Waals surface area contributed by atoms with Crippen LogP contribution in [0, 0.1) is 11.7 Å². The quantitative estimate of drug-likeness (QED) is 0.343. The minimum absolute atomic E-state index is 0. The van der Waals surface area contributed by atoms with Gasteiger partial charge in [0.15, 0.2) is 5.96 Å². The van der Waals surface area contributed by atoms with Gasteiger partial charge in [-0.25, -0.2) is 14.4 Å². The molecule has 158 valence electrons. The zero-order valence-electron chi connectivity index (χ0n) is 16.8. The monoisotopic (exact) mass is 514 g/mol. The summed E-state index contributed by atoms with van der Waals surface area (Å²) in [7, 11) is 1.74. The van der Waals surface area contributed by atoms with Crippen molar-refractivity contribution in [2.75, 3.05) is 33.4 Å². The molecular weight excluding hydrogens is 486 g/mol. The van der Waals surface area contributed by atoms with Crippen LogP contribution in [-0.4, -0.2) is 49.2 Å². The molecule has 1 aliphatic heterocycles. The Kier molecular flexibility index (Phi) is 9.59. The molecule has 0 spiro atoms. The molecular formula is C21H28FIN4O2. The van der Waals surface area contributed by atoms with Crippen LogP contribution in [0.1, 0.15) is 18.9 Å². The minimum atomic E-state index is -0.345. The highest BCUT2D eigenvalue weighted by Crippen LogP contribution is 2.24. The molecule has 0 saturated carbocycles. The van der Waals surface area contributed by atoms with Gasteiger partial charge in [0.25, 0.3) is 0 Å². The predicted molar refractivity (Wildman–Crippen MR) is 122 cm³/mol. The van der Waals surface area contributed by atoms with E-state index in [2.05, 4.69) is 22.1 Å². The lowest BCUT2D eigenvalue weighted by molar-refractivity contribution is 0.157. The molecule has 2 aromatic rings. The third kappa shape index (κ3) is 6.81. The Morgan fingerprint density at radius 2 is 2.21 bits per heavy atom. The fourth-order valence-corrected chi connectivity index (χ4v) is 3.26. The Hall–Kier alpha value is -1.94. The van der Waals surface area contributed by atoms with Crippen LogP contribution in [0.3, 0.4) is 0 Å². The summed E-state index contributed by atoms with van der Waals surface area (Å²) in [6.07, 6.45) is 2.75. The second kappa shape index (κ2) is 11.9. The van der Waals surface area contributed by atoms with Crippen LogP contribution >= 0.6 is 24.0 Å². The molecule has 0 radical (unpaired) electrons. The SMILES string of the molecule is CCNC(=NCc1cccnc1Oc1cccc(F)c1)N1CCC(COC)C1.I. The van der Waals surface area contributed by atoms with Gasteiger partial charge in [0.2, 0.25) is 5.88 Å². The molecule has 3 rings (SSSR count). The summed E-state index contributed by atoms with van der Waals surface area (Å²) in [5.74, 6) is 1.91. The number of methoxy groups -OCH3 is 1. The number of rotatable bonds is 7. The maximum Gasteiger partial charge on any atom is 0.224 e. The summed E-state index contributed by atoms with van der Waals surface area (Å²) in [4.78, 5) is 11.3. The molecule has 0 amide bonds. The zero-order valence-corrected chi connectivity index (χ0v) is 19.1. The van der Waals surface area contributed by atoms with Crippen LogP contribution in [0.2, 0.25) is 0 Å². The number of aromatic nitrogens is 1. The molecule has 1 N–H and O–H groups in total. The van der Waals surface area contributed by atoms with Gasteiger partial charge >= 0.3 is 0 Å². The lowest BCUT2D eigenvalue weighted by Gasteiger charge is -2.21. The van der Waals surface area contributed by atoms with Gasteiger partial charge in [0, 0.05) is 50.5 Å². The van der Waals surface area contributed by atoms with E-state index in [4.69, 9.17) is 14.5 Å². The van der Waals surface area contributed by atoms with Gasteiger partial charge in [0.05, 0.1) is 13.2 Å². The lowest BCUT2D eigenvalue weighted by Crippen LogP contribution is -2.40. The van der Waals surface area contributed by atoms with Crippen molar-refractivity contribution in [2.45, 2.75) is 19.9 Å². The molecule has 0 aliphatic carbocycles. The Bertz CT molecular complexity index is 806. The predicted octanol–water partition coefficient (Wildman–Crippen LogP) is 4.06. The average Bonchev–Trinajstić information content (AvgIpc) is 3.15. The Morgan fingerprint density at radius 1 is 1.34 bits per heavy atom. The molecule has 6 nitrogen and oxygen atoms in total. The van der Waals surface area contributed by atoms with Gasteiger partial charge in [-0.2, -0.15) is 0 Å². The van der Waals surface area contributed by atoms with E-state index in [1.54, 1.807) is 25.4 Å². The molecule has 1 saturated heterocycles. The number of halogens is 2. The molecule has 1 fully saturated rings. The molecule has 2 heterocycles. The van der Waals surface area contributed by atoms with E-state index < -0.39 is 0 Å². The van der Waals surface area contributed by atoms with Crippen molar-refractivity contribution in [1.82, 2.24) is 15.2 Å². The first-order chi connectivity index (χ1) is 13.7. The summed E-state index contributed by atoms with van der Waals surface area (Å²) >= 11 is 0. The molecule has 1 aromatic carbocycles. The molecule has 1 unspecified atom stereocenters. The third-order valence-electron chi connectivity index (χ3n) is 4.58. The first kappa shape index (κ1) is 23.3. The van der Waals surface area contributed by atoms with E-state index >= 15 is 0 Å². The number of nitrogens with one attached hydrogen (secondary N) is 1. The number of hydrogen-bond acceptors (Lipinski definition) is 4. The summed E-state index contributed by atoms with van der Waals surface area (Å²) in [5.41, 5.74) is 0.842. The molecule has 0 bridgehead atoms. The highest BCUT2D eigenvalue weighted by molar-refractivity contribution is 14.0.